The predicted molar refractivity (Wildman–Crippen MR) is 89.3 cm³/mol. The second kappa shape index (κ2) is 6.16. The van der Waals surface area contributed by atoms with Gasteiger partial charge in [0.05, 0.1) is 19.3 Å². The van der Waals surface area contributed by atoms with Crippen molar-refractivity contribution in [2.45, 2.75) is 31.7 Å². The minimum atomic E-state index is -3.78. The molecule has 9 heteroatoms. The van der Waals surface area contributed by atoms with Gasteiger partial charge in [0.1, 0.15) is 10.6 Å². The number of hydrogen-bond acceptors (Lipinski definition) is 5. The molecular weight excluding hydrogens is 346 g/mol. The molecule has 1 aromatic carbocycles. The van der Waals surface area contributed by atoms with Crippen molar-refractivity contribution < 1.29 is 23.1 Å². The van der Waals surface area contributed by atoms with Crippen LogP contribution in [0.4, 0.5) is 0 Å². The highest BCUT2D eigenvalue weighted by atomic mass is 32.2. The van der Waals surface area contributed by atoms with Gasteiger partial charge in [0, 0.05) is 12.1 Å². The van der Waals surface area contributed by atoms with Crippen LogP contribution in [0.2, 0.25) is 0 Å². The summed E-state index contributed by atoms with van der Waals surface area (Å²) in [5, 5.41) is 15.5. The molecule has 0 atom stereocenters. The van der Waals surface area contributed by atoms with E-state index in [9.17, 15) is 13.2 Å². The minimum absolute atomic E-state index is 0.0455. The normalized spacial score (nSPS) is 15.0. The van der Waals surface area contributed by atoms with Crippen LogP contribution in [0.15, 0.2) is 17.0 Å². The molecule has 1 aliphatic heterocycles. The van der Waals surface area contributed by atoms with E-state index in [1.807, 2.05) is 13.8 Å². The van der Waals surface area contributed by atoms with Gasteiger partial charge < -0.3 is 9.84 Å². The number of sulfonamides is 1. The summed E-state index contributed by atoms with van der Waals surface area (Å²) in [7, 11) is -2.35. The summed E-state index contributed by atoms with van der Waals surface area (Å²) in [5.74, 6) is -0.825. The van der Waals surface area contributed by atoms with Crippen molar-refractivity contribution in [1.82, 2.24) is 14.5 Å². The zero-order valence-corrected chi connectivity index (χ0v) is 15.0. The predicted octanol–water partition coefficient (Wildman–Crippen LogP) is 1.48. The zero-order valence-electron chi connectivity index (χ0n) is 14.2. The van der Waals surface area contributed by atoms with Crippen LogP contribution >= 0.6 is 0 Å². The number of carboxylic acids is 1. The number of H-pyrrole nitrogens is 1. The molecule has 2 heterocycles. The average molecular weight is 365 g/mol. The molecule has 2 aromatic rings. The second-order valence-corrected chi connectivity index (χ2v) is 7.92. The van der Waals surface area contributed by atoms with Crippen molar-refractivity contribution in [3.63, 3.8) is 0 Å². The summed E-state index contributed by atoms with van der Waals surface area (Å²) in [6, 6.07) is 3.31. The minimum Gasteiger partial charge on any atom is -0.495 e. The van der Waals surface area contributed by atoms with Crippen molar-refractivity contribution >= 4 is 16.0 Å². The summed E-state index contributed by atoms with van der Waals surface area (Å²) in [5.41, 5.74) is 2.82. The van der Waals surface area contributed by atoms with Crippen molar-refractivity contribution in [2.75, 3.05) is 13.7 Å². The van der Waals surface area contributed by atoms with E-state index in [0.717, 1.165) is 11.1 Å². The number of nitrogens with zero attached hydrogens (tertiary/aromatic N) is 2. The maximum Gasteiger partial charge on any atom is 0.356 e. The van der Waals surface area contributed by atoms with Crippen molar-refractivity contribution in [1.29, 1.82) is 0 Å². The molecule has 0 saturated carbocycles. The quantitative estimate of drug-likeness (QED) is 0.849. The molecule has 0 amide bonds. The average Bonchev–Trinajstić information content (AvgIpc) is 3.00. The first kappa shape index (κ1) is 17.4. The third kappa shape index (κ3) is 2.89. The van der Waals surface area contributed by atoms with Crippen LogP contribution in [0.5, 0.6) is 5.75 Å². The largest absolute Gasteiger partial charge is 0.495 e. The number of fused-ring (bicyclic) bond motifs is 1. The number of carbonyl (C=O) groups is 1. The number of aromatic nitrogens is 2. The Hall–Kier alpha value is -2.39. The molecule has 0 spiro atoms. The number of nitrogens with one attached hydrogen (secondary N) is 1. The maximum atomic E-state index is 13.1. The van der Waals surface area contributed by atoms with Gasteiger partial charge in [0.25, 0.3) is 0 Å². The van der Waals surface area contributed by atoms with Crippen LogP contribution in [-0.4, -0.2) is 47.7 Å². The Labute approximate surface area is 145 Å². The highest BCUT2D eigenvalue weighted by molar-refractivity contribution is 7.89. The number of methoxy groups -OCH3 is 1. The molecule has 134 valence electrons. The van der Waals surface area contributed by atoms with Gasteiger partial charge >= 0.3 is 5.97 Å². The molecule has 1 aromatic heterocycles. The molecule has 0 saturated heterocycles. The summed E-state index contributed by atoms with van der Waals surface area (Å²) in [6.45, 7) is 3.97. The topological polar surface area (TPSA) is 113 Å². The number of aromatic amines is 1. The van der Waals surface area contributed by atoms with Crippen LogP contribution in [0, 0.1) is 13.8 Å². The fraction of sp³-hybridized carbons (Fsp3) is 0.375. The Bertz CT molecular complexity index is 949. The number of hydrogen-bond donors (Lipinski definition) is 2. The number of carboxylic acid groups (broad SMARTS) is 1. The molecule has 0 radical (unpaired) electrons. The van der Waals surface area contributed by atoms with Gasteiger partial charge in [-0.15, -0.1) is 0 Å². The Balaban J connectivity index is 1.99. The standard InChI is InChI=1S/C16H19N3O5S/c1-9-6-13(24-3)14(7-10(9)2)25(22,23)19-5-4-11-12(8-19)17-18-15(11)16(20)21/h6-7H,4-5,8H2,1-3H3,(H,17,18)(H,20,21). The molecule has 0 unspecified atom stereocenters. The highest BCUT2D eigenvalue weighted by Gasteiger charge is 2.34. The molecule has 2 N–H and O–H groups in total. The zero-order chi connectivity index (χ0) is 18.4. The number of ether oxygens (including phenoxy) is 1. The van der Waals surface area contributed by atoms with E-state index >= 15 is 0 Å². The smallest absolute Gasteiger partial charge is 0.356 e. The molecule has 3 rings (SSSR count). The fourth-order valence-corrected chi connectivity index (χ4v) is 4.57. The van der Waals surface area contributed by atoms with E-state index in [2.05, 4.69) is 10.2 Å². The lowest BCUT2D eigenvalue weighted by atomic mass is 10.1. The first-order valence-corrected chi connectivity index (χ1v) is 9.14. The van der Waals surface area contributed by atoms with Gasteiger partial charge in [-0.2, -0.15) is 9.40 Å². The second-order valence-electron chi connectivity index (χ2n) is 6.01. The van der Waals surface area contributed by atoms with Crippen molar-refractivity contribution in [2.24, 2.45) is 0 Å². The van der Waals surface area contributed by atoms with E-state index < -0.39 is 16.0 Å². The third-order valence-corrected chi connectivity index (χ3v) is 6.37. The number of aromatic carboxylic acids is 1. The fourth-order valence-electron chi connectivity index (χ4n) is 2.94. The maximum absolute atomic E-state index is 13.1. The van der Waals surface area contributed by atoms with Crippen LogP contribution < -0.4 is 4.74 Å². The highest BCUT2D eigenvalue weighted by Crippen LogP contribution is 2.32. The Kier molecular flexibility index (Phi) is 4.29. The van der Waals surface area contributed by atoms with Gasteiger partial charge in [0.2, 0.25) is 10.0 Å². The number of aryl methyl sites for hydroxylation is 2. The van der Waals surface area contributed by atoms with Gasteiger partial charge in [0.15, 0.2) is 5.69 Å². The first-order valence-electron chi connectivity index (χ1n) is 7.70. The monoisotopic (exact) mass is 365 g/mol. The van der Waals surface area contributed by atoms with Gasteiger partial charge in [-0.3, -0.25) is 5.10 Å². The van der Waals surface area contributed by atoms with Crippen LogP contribution in [0.25, 0.3) is 0 Å². The van der Waals surface area contributed by atoms with E-state index in [1.54, 1.807) is 12.1 Å². The number of benzene rings is 1. The molecule has 25 heavy (non-hydrogen) atoms. The van der Waals surface area contributed by atoms with E-state index in [1.165, 1.54) is 11.4 Å². The van der Waals surface area contributed by atoms with Gasteiger partial charge in [-0.1, -0.05) is 0 Å². The molecule has 8 nitrogen and oxygen atoms in total. The lowest BCUT2D eigenvalue weighted by Crippen LogP contribution is -2.36. The third-order valence-electron chi connectivity index (χ3n) is 4.50. The van der Waals surface area contributed by atoms with Crippen LogP contribution in [0.1, 0.15) is 32.9 Å². The van der Waals surface area contributed by atoms with Crippen LogP contribution in [-0.2, 0) is 23.0 Å². The Morgan fingerprint density at radius 1 is 1.32 bits per heavy atom. The molecule has 0 fully saturated rings. The Morgan fingerprint density at radius 2 is 2.00 bits per heavy atom. The van der Waals surface area contributed by atoms with E-state index in [-0.39, 0.29) is 23.7 Å². The van der Waals surface area contributed by atoms with Crippen molar-refractivity contribution in [3.05, 3.63) is 40.2 Å². The lowest BCUT2D eigenvalue weighted by molar-refractivity contribution is 0.0689. The summed E-state index contributed by atoms with van der Waals surface area (Å²) in [4.78, 5) is 11.3. The van der Waals surface area contributed by atoms with Crippen molar-refractivity contribution in [3.8, 4) is 5.75 Å². The summed E-state index contributed by atoms with van der Waals surface area (Å²) >= 11 is 0. The molecule has 0 aliphatic carbocycles. The Morgan fingerprint density at radius 3 is 2.64 bits per heavy atom. The first-order chi connectivity index (χ1) is 11.8. The van der Waals surface area contributed by atoms with Gasteiger partial charge in [-0.05, 0) is 43.5 Å². The number of rotatable bonds is 4. The molecule has 0 bridgehead atoms. The summed E-state index contributed by atoms with van der Waals surface area (Å²) in [6.07, 6.45) is 0.292. The van der Waals surface area contributed by atoms with Gasteiger partial charge in [-0.25, -0.2) is 13.2 Å². The summed E-state index contributed by atoms with van der Waals surface area (Å²) < 4.78 is 32.7. The molecule has 1 aliphatic rings. The molecular formula is C16H19N3O5S. The van der Waals surface area contributed by atoms with E-state index in [0.29, 0.717) is 23.4 Å². The van der Waals surface area contributed by atoms with Crippen LogP contribution in [0.3, 0.4) is 0 Å². The lowest BCUT2D eigenvalue weighted by Gasteiger charge is -2.27. The SMILES string of the molecule is COc1cc(C)c(C)cc1S(=O)(=O)N1CCc2c(C(=O)O)n[nH]c2C1. The van der Waals surface area contributed by atoms with E-state index in [4.69, 9.17) is 9.84 Å².